The number of nitrogens with one attached hydrogen (secondary N) is 1. The van der Waals surface area contributed by atoms with Crippen LogP contribution in [-0.2, 0) is 16.0 Å². The summed E-state index contributed by atoms with van der Waals surface area (Å²) < 4.78 is 12.3. The molecule has 1 saturated heterocycles. The number of hydrogen-bond donors (Lipinski definition) is 1. The number of aromatic nitrogens is 2. The van der Waals surface area contributed by atoms with Gasteiger partial charge in [-0.2, -0.15) is 0 Å². The Hall–Kier alpha value is -1.40. The highest BCUT2D eigenvalue weighted by atomic mass is 16.7. The Morgan fingerprint density at radius 3 is 2.88 bits per heavy atom. The van der Waals surface area contributed by atoms with Crippen LogP contribution in [0.25, 0.3) is 0 Å². The Morgan fingerprint density at radius 1 is 1.56 bits per heavy atom. The molecule has 1 aliphatic rings. The van der Waals surface area contributed by atoms with Gasteiger partial charge in [-0.05, 0) is 13.8 Å². The Kier molecular flexibility index (Phi) is 2.69. The molecule has 6 heteroatoms. The van der Waals surface area contributed by atoms with Gasteiger partial charge in [-0.15, -0.1) is 0 Å². The molecule has 16 heavy (non-hydrogen) atoms. The second kappa shape index (κ2) is 3.88. The third-order valence-corrected chi connectivity index (χ3v) is 2.36. The lowest BCUT2D eigenvalue weighted by molar-refractivity contribution is -0.139. The number of rotatable bonds is 2. The fourth-order valence-electron chi connectivity index (χ4n) is 1.66. The van der Waals surface area contributed by atoms with E-state index in [1.165, 1.54) is 16.8 Å². The van der Waals surface area contributed by atoms with Crippen LogP contribution < -0.4 is 11.2 Å². The summed E-state index contributed by atoms with van der Waals surface area (Å²) in [7, 11) is 0. The Morgan fingerprint density at radius 2 is 2.31 bits per heavy atom. The molecule has 1 atom stereocenters. The molecule has 6 nitrogen and oxygen atoms in total. The number of aromatic amines is 1. The molecule has 0 aromatic carbocycles. The molecule has 0 aliphatic carbocycles. The molecule has 1 aliphatic heterocycles. The van der Waals surface area contributed by atoms with Crippen LogP contribution in [0.3, 0.4) is 0 Å². The normalized spacial score (nSPS) is 23.5. The van der Waals surface area contributed by atoms with Crippen molar-refractivity contribution in [2.45, 2.75) is 32.3 Å². The average Bonchev–Trinajstić information content (AvgIpc) is 2.51. The molecule has 1 aromatic rings. The molecule has 2 rings (SSSR count). The van der Waals surface area contributed by atoms with Crippen molar-refractivity contribution >= 4 is 0 Å². The number of hydrogen-bond acceptors (Lipinski definition) is 4. The average molecular weight is 226 g/mol. The fraction of sp³-hybridized carbons (Fsp3) is 0.600. The lowest BCUT2D eigenvalue weighted by Crippen LogP contribution is -2.33. The molecule has 1 fully saturated rings. The Bertz CT molecular complexity index is 488. The first-order valence-electron chi connectivity index (χ1n) is 5.08. The van der Waals surface area contributed by atoms with Gasteiger partial charge >= 0.3 is 5.69 Å². The van der Waals surface area contributed by atoms with Gasteiger partial charge in [0.05, 0.1) is 13.2 Å². The number of nitrogens with zero attached hydrogens (tertiary/aromatic N) is 1. The van der Waals surface area contributed by atoms with E-state index in [1.54, 1.807) is 0 Å². The van der Waals surface area contributed by atoms with E-state index in [0.29, 0.717) is 13.2 Å². The van der Waals surface area contributed by atoms with E-state index < -0.39 is 17.0 Å². The van der Waals surface area contributed by atoms with Crippen molar-refractivity contribution < 1.29 is 9.47 Å². The smallest absolute Gasteiger partial charge is 0.328 e. The van der Waals surface area contributed by atoms with Gasteiger partial charge < -0.3 is 9.47 Å². The fourth-order valence-corrected chi connectivity index (χ4v) is 1.66. The summed E-state index contributed by atoms with van der Waals surface area (Å²) in [5.41, 5.74) is -0.828. The van der Waals surface area contributed by atoms with Gasteiger partial charge in [-0.1, -0.05) is 0 Å². The van der Waals surface area contributed by atoms with Gasteiger partial charge in [0, 0.05) is 12.3 Å². The zero-order valence-electron chi connectivity index (χ0n) is 9.23. The van der Waals surface area contributed by atoms with E-state index in [4.69, 9.17) is 9.47 Å². The molecule has 0 radical (unpaired) electrons. The van der Waals surface area contributed by atoms with Crippen LogP contribution in [0.15, 0.2) is 21.9 Å². The van der Waals surface area contributed by atoms with Crippen LogP contribution in [0.5, 0.6) is 0 Å². The molecular formula is C10H14N2O4. The van der Waals surface area contributed by atoms with E-state index in [9.17, 15) is 9.59 Å². The van der Waals surface area contributed by atoms with E-state index in [-0.39, 0.29) is 6.10 Å². The van der Waals surface area contributed by atoms with E-state index in [1.807, 2.05) is 13.8 Å². The molecule has 0 saturated carbocycles. The van der Waals surface area contributed by atoms with E-state index in [2.05, 4.69) is 4.98 Å². The Labute approximate surface area is 91.8 Å². The minimum Gasteiger partial charge on any atom is -0.348 e. The molecule has 1 N–H and O–H groups in total. The number of H-pyrrole nitrogens is 1. The topological polar surface area (TPSA) is 73.3 Å². The molecule has 88 valence electrons. The standard InChI is InChI=1S/C10H14N2O4/c1-10(2)15-6-7(16-10)5-12-4-3-8(13)11-9(12)14/h3-4,7H,5-6H2,1-2H3,(H,11,13,14)/t7-/m0/s1. The van der Waals surface area contributed by atoms with E-state index >= 15 is 0 Å². The molecule has 0 unspecified atom stereocenters. The first kappa shape index (κ1) is 11.1. The van der Waals surface area contributed by atoms with Crippen molar-refractivity contribution in [2.75, 3.05) is 6.61 Å². The molecular weight excluding hydrogens is 212 g/mol. The lowest BCUT2D eigenvalue weighted by Gasteiger charge is -2.17. The van der Waals surface area contributed by atoms with Crippen molar-refractivity contribution in [2.24, 2.45) is 0 Å². The van der Waals surface area contributed by atoms with Crippen molar-refractivity contribution in [3.8, 4) is 0 Å². The van der Waals surface area contributed by atoms with E-state index in [0.717, 1.165) is 0 Å². The number of ether oxygens (including phenoxy) is 2. The van der Waals surface area contributed by atoms with Gasteiger partial charge in [-0.3, -0.25) is 14.3 Å². The summed E-state index contributed by atoms with van der Waals surface area (Å²) in [6.45, 7) is 4.46. The van der Waals surface area contributed by atoms with Crippen LogP contribution in [0.2, 0.25) is 0 Å². The Balaban J connectivity index is 2.11. The largest absolute Gasteiger partial charge is 0.348 e. The van der Waals surface area contributed by atoms with Crippen LogP contribution in [0.4, 0.5) is 0 Å². The predicted octanol–water partition coefficient (Wildman–Crippen LogP) is -0.312. The summed E-state index contributed by atoms with van der Waals surface area (Å²) in [5, 5.41) is 0. The quantitative estimate of drug-likeness (QED) is 0.750. The summed E-state index contributed by atoms with van der Waals surface area (Å²) in [6.07, 6.45) is 1.29. The first-order chi connectivity index (χ1) is 7.46. The van der Waals surface area contributed by atoms with Crippen LogP contribution in [0, 0.1) is 0 Å². The van der Waals surface area contributed by atoms with Gasteiger partial charge in [-0.25, -0.2) is 4.79 Å². The van der Waals surface area contributed by atoms with Crippen molar-refractivity contribution in [3.63, 3.8) is 0 Å². The van der Waals surface area contributed by atoms with Crippen molar-refractivity contribution in [1.29, 1.82) is 0 Å². The second-order valence-electron chi connectivity index (χ2n) is 4.21. The van der Waals surface area contributed by atoms with Crippen LogP contribution in [0.1, 0.15) is 13.8 Å². The highest BCUT2D eigenvalue weighted by molar-refractivity contribution is 4.84. The summed E-state index contributed by atoms with van der Waals surface area (Å²) in [5.74, 6) is -0.601. The minimum atomic E-state index is -0.601. The van der Waals surface area contributed by atoms with Crippen LogP contribution in [-0.4, -0.2) is 28.0 Å². The van der Waals surface area contributed by atoms with Gasteiger partial charge in [0.1, 0.15) is 6.10 Å². The first-order valence-corrected chi connectivity index (χ1v) is 5.08. The second-order valence-corrected chi connectivity index (χ2v) is 4.21. The SMILES string of the molecule is CC1(C)OC[C@H](Cn2ccc(=O)[nH]c2=O)O1. The summed E-state index contributed by atoms with van der Waals surface area (Å²) in [6, 6.07) is 1.31. The maximum Gasteiger partial charge on any atom is 0.328 e. The monoisotopic (exact) mass is 226 g/mol. The van der Waals surface area contributed by atoms with Crippen LogP contribution >= 0.6 is 0 Å². The summed E-state index contributed by atoms with van der Waals surface area (Å²) >= 11 is 0. The third-order valence-electron chi connectivity index (χ3n) is 2.36. The predicted molar refractivity (Wildman–Crippen MR) is 56.2 cm³/mol. The molecule has 0 bridgehead atoms. The molecule has 1 aromatic heterocycles. The molecule has 0 spiro atoms. The molecule has 2 heterocycles. The van der Waals surface area contributed by atoms with Gasteiger partial charge in [0.2, 0.25) is 0 Å². The maximum absolute atomic E-state index is 11.4. The minimum absolute atomic E-state index is 0.168. The van der Waals surface area contributed by atoms with Gasteiger partial charge in [0.25, 0.3) is 5.56 Å². The zero-order valence-corrected chi connectivity index (χ0v) is 9.23. The van der Waals surface area contributed by atoms with Crippen molar-refractivity contribution in [1.82, 2.24) is 9.55 Å². The zero-order chi connectivity index (χ0) is 11.8. The van der Waals surface area contributed by atoms with Crippen molar-refractivity contribution in [3.05, 3.63) is 33.1 Å². The molecule has 0 amide bonds. The highest BCUT2D eigenvalue weighted by Gasteiger charge is 2.32. The summed E-state index contributed by atoms with van der Waals surface area (Å²) in [4.78, 5) is 24.4. The third kappa shape index (κ3) is 2.40. The maximum atomic E-state index is 11.4. The lowest BCUT2D eigenvalue weighted by atomic mass is 10.3. The highest BCUT2D eigenvalue weighted by Crippen LogP contribution is 2.22. The van der Waals surface area contributed by atoms with Gasteiger partial charge in [0.15, 0.2) is 5.79 Å².